The largest absolute Gasteiger partial charge is 0.317 e. The van der Waals surface area contributed by atoms with Crippen LogP contribution in [0.2, 0.25) is 0 Å². The summed E-state index contributed by atoms with van der Waals surface area (Å²) in [5.41, 5.74) is 0.485. The fraction of sp³-hybridized carbons (Fsp3) is 0.600. The fourth-order valence-corrected chi connectivity index (χ4v) is 2.26. The summed E-state index contributed by atoms with van der Waals surface area (Å²) in [6.45, 7) is 8.11. The lowest BCUT2D eigenvalue weighted by Crippen LogP contribution is -2.25. The first kappa shape index (κ1) is 15.1. The molecule has 3 heteroatoms. The van der Waals surface area contributed by atoms with Crippen molar-refractivity contribution in [3.63, 3.8) is 0 Å². The molecule has 0 aliphatic heterocycles. The Bertz CT molecular complexity index is 364. The molecule has 0 saturated heterocycles. The van der Waals surface area contributed by atoms with Gasteiger partial charge in [-0.2, -0.15) is 0 Å². The molecular weight excluding hydrogens is 232 g/mol. The summed E-state index contributed by atoms with van der Waals surface area (Å²) in [7, 11) is 0. The van der Waals surface area contributed by atoms with E-state index in [2.05, 4.69) is 26.1 Å². The Morgan fingerprint density at radius 1 is 1.22 bits per heavy atom. The highest BCUT2D eigenvalue weighted by atomic mass is 19.1. The molecule has 0 aliphatic carbocycles. The summed E-state index contributed by atoms with van der Waals surface area (Å²) in [5, 5.41) is 3.29. The number of nitrogens with one attached hydrogen (secondary N) is 1. The van der Waals surface area contributed by atoms with Crippen molar-refractivity contribution in [3.05, 3.63) is 35.4 Å². The molecule has 0 amide bonds. The van der Waals surface area contributed by atoms with E-state index in [0.717, 1.165) is 19.5 Å². The minimum absolute atomic E-state index is 0.304. The van der Waals surface area contributed by atoms with Crippen molar-refractivity contribution < 1.29 is 8.78 Å². The van der Waals surface area contributed by atoms with Gasteiger partial charge in [0.2, 0.25) is 0 Å². The normalized spacial score (nSPS) is 13.0. The molecule has 1 aromatic rings. The van der Waals surface area contributed by atoms with E-state index >= 15 is 0 Å². The van der Waals surface area contributed by atoms with E-state index in [1.54, 1.807) is 0 Å². The Balaban J connectivity index is 2.71. The topological polar surface area (TPSA) is 12.0 Å². The molecule has 0 bridgehead atoms. The van der Waals surface area contributed by atoms with Crippen LogP contribution in [0, 0.1) is 23.5 Å². The number of halogens is 2. The molecule has 1 atom stereocenters. The first-order valence-corrected chi connectivity index (χ1v) is 6.67. The van der Waals surface area contributed by atoms with Crippen LogP contribution >= 0.6 is 0 Å². The van der Waals surface area contributed by atoms with Gasteiger partial charge in [0.1, 0.15) is 11.6 Å². The van der Waals surface area contributed by atoms with Crippen LogP contribution < -0.4 is 5.32 Å². The van der Waals surface area contributed by atoms with Crippen molar-refractivity contribution >= 4 is 0 Å². The molecule has 0 heterocycles. The van der Waals surface area contributed by atoms with Gasteiger partial charge in [-0.1, -0.05) is 20.8 Å². The number of hydrogen-bond acceptors (Lipinski definition) is 1. The highest BCUT2D eigenvalue weighted by Crippen LogP contribution is 2.19. The summed E-state index contributed by atoms with van der Waals surface area (Å²) in [4.78, 5) is 0. The zero-order valence-corrected chi connectivity index (χ0v) is 11.5. The lowest BCUT2D eigenvalue weighted by molar-refractivity contribution is 0.383. The maximum atomic E-state index is 13.6. The van der Waals surface area contributed by atoms with Crippen molar-refractivity contribution in [1.82, 2.24) is 5.32 Å². The van der Waals surface area contributed by atoms with Gasteiger partial charge in [0, 0.05) is 0 Å². The molecule has 1 unspecified atom stereocenters. The van der Waals surface area contributed by atoms with Gasteiger partial charge >= 0.3 is 0 Å². The zero-order valence-electron chi connectivity index (χ0n) is 11.5. The van der Waals surface area contributed by atoms with Crippen molar-refractivity contribution in [2.24, 2.45) is 11.8 Å². The first-order valence-electron chi connectivity index (χ1n) is 6.67. The highest BCUT2D eigenvalue weighted by Gasteiger charge is 2.14. The van der Waals surface area contributed by atoms with Crippen LogP contribution in [-0.4, -0.2) is 13.1 Å². The molecule has 1 N–H and O–H groups in total. The predicted octanol–water partition coefficient (Wildman–Crippen LogP) is 3.78. The van der Waals surface area contributed by atoms with Gasteiger partial charge in [-0.25, -0.2) is 8.78 Å². The fourth-order valence-electron chi connectivity index (χ4n) is 2.26. The SMILES string of the molecule is CCNCC(Cc1cc(F)ccc1F)CC(C)C. The predicted molar refractivity (Wildman–Crippen MR) is 71.6 cm³/mol. The Hall–Kier alpha value is -0.960. The van der Waals surface area contributed by atoms with E-state index in [9.17, 15) is 8.78 Å². The summed E-state index contributed by atoms with van der Waals surface area (Å²) in [6, 6.07) is 3.69. The maximum Gasteiger partial charge on any atom is 0.126 e. The van der Waals surface area contributed by atoms with E-state index in [4.69, 9.17) is 0 Å². The van der Waals surface area contributed by atoms with Crippen LogP contribution in [0.25, 0.3) is 0 Å². The third kappa shape index (κ3) is 5.13. The van der Waals surface area contributed by atoms with E-state index in [1.807, 2.05) is 0 Å². The van der Waals surface area contributed by atoms with Crippen LogP contribution in [0.15, 0.2) is 18.2 Å². The Labute approximate surface area is 109 Å². The van der Waals surface area contributed by atoms with E-state index in [-0.39, 0.29) is 11.6 Å². The monoisotopic (exact) mass is 255 g/mol. The van der Waals surface area contributed by atoms with Gasteiger partial charge in [0.15, 0.2) is 0 Å². The molecule has 0 fully saturated rings. The third-order valence-corrected chi connectivity index (χ3v) is 3.00. The smallest absolute Gasteiger partial charge is 0.126 e. The molecule has 1 nitrogen and oxygen atoms in total. The van der Waals surface area contributed by atoms with Crippen LogP contribution in [0.1, 0.15) is 32.8 Å². The third-order valence-electron chi connectivity index (χ3n) is 3.00. The standard InChI is InChI=1S/C15H23F2N/c1-4-18-10-12(7-11(2)3)8-13-9-14(16)5-6-15(13)17/h5-6,9,11-12,18H,4,7-8,10H2,1-3H3. The van der Waals surface area contributed by atoms with Gasteiger partial charge in [0.05, 0.1) is 0 Å². The molecular formula is C15H23F2N. The van der Waals surface area contributed by atoms with E-state index < -0.39 is 0 Å². The molecule has 18 heavy (non-hydrogen) atoms. The van der Waals surface area contributed by atoms with Crippen LogP contribution in [0.3, 0.4) is 0 Å². The van der Waals surface area contributed by atoms with Crippen LogP contribution in [0.5, 0.6) is 0 Å². The van der Waals surface area contributed by atoms with Crippen molar-refractivity contribution in [3.8, 4) is 0 Å². The quantitative estimate of drug-likeness (QED) is 0.782. The van der Waals surface area contributed by atoms with Crippen molar-refractivity contribution in [2.75, 3.05) is 13.1 Å². The Morgan fingerprint density at radius 3 is 2.56 bits per heavy atom. The first-order chi connectivity index (χ1) is 8.52. The average molecular weight is 255 g/mol. The summed E-state index contributed by atoms with van der Waals surface area (Å²) in [5.74, 6) is 0.242. The van der Waals surface area contributed by atoms with Gasteiger partial charge in [-0.15, -0.1) is 0 Å². The zero-order chi connectivity index (χ0) is 13.5. The van der Waals surface area contributed by atoms with Crippen LogP contribution in [0.4, 0.5) is 8.78 Å². The van der Waals surface area contributed by atoms with E-state index in [0.29, 0.717) is 23.8 Å². The molecule has 1 rings (SSSR count). The van der Waals surface area contributed by atoms with Gasteiger partial charge in [0.25, 0.3) is 0 Å². The Kier molecular flexibility index (Phi) is 6.27. The van der Waals surface area contributed by atoms with Gasteiger partial charge in [-0.3, -0.25) is 0 Å². The summed E-state index contributed by atoms with van der Waals surface area (Å²) >= 11 is 0. The number of benzene rings is 1. The maximum absolute atomic E-state index is 13.6. The second-order valence-corrected chi connectivity index (χ2v) is 5.24. The number of rotatable bonds is 7. The number of hydrogen-bond donors (Lipinski definition) is 1. The molecule has 1 aromatic carbocycles. The minimum Gasteiger partial charge on any atom is -0.317 e. The molecule has 0 aromatic heterocycles. The average Bonchev–Trinajstić information content (AvgIpc) is 2.30. The van der Waals surface area contributed by atoms with Gasteiger partial charge in [-0.05, 0) is 61.5 Å². The van der Waals surface area contributed by atoms with Crippen molar-refractivity contribution in [1.29, 1.82) is 0 Å². The Morgan fingerprint density at radius 2 is 1.94 bits per heavy atom. The lowest BCUT2D eigenvalue weighted by Gasteiger charge is -2.19. The molecule has 0 saturated carbocycles. The van der Waals surface area contributed by atoms with Crippen LogP contribution in [-0.2, 0) is 6.42 Å². The lowest BCUT2D eigenvalue weighted by atomic mass is 9.90. The molecule has 0 radical (unpaired) electrons. The summed E-state index contributed by atoms with van der Waals surface area (Å²) < 4.78 is 26.7. The minimum atomic E-state index is -0.363. The van der Waals surface area contributed by atoms with Gasteiger partial charge < -0.3 is 5.32 Å². The van der Waals surface area contributed by atoms with E-state index in [1.165, 1.54) is 18.2 Å². The molecule has 102 valence electrons. The second kappa shape index (κ2) is 7.47. The second-order valence-electron chi connectivity index (χ2n) is 5.24. The highest BCUT2D eigenvalue weighted by molar-refractivity contribution is 5.19. The van der Waals surface area contributed by atoms with Crippen molar-refractivity contribution in [2.45, 2.75) is 33.6 Å². The summed E-state index contributed by atoms with van der Waals surface area (Å²) in [6.07, 6.45) is 1.61. The molecule has 0 aliphatic rings. The molecule has 0 spiro atoms.